The minimum Gasteiger partial charge on any atom is -0.342 e. The van der Waals surface area contributed by atoms with Crippen LogP contribution < -0.4 is 0 Å². The van der Waals surface area contributed by atoms with Crippen LogP contribution in [0.1, 0.15) is 25.3 Å². The summed E-state index contributed by atoms with van der Waals surface area (Å²) in [4.78, 5) is 15.9. The number of piperidine rings is 1. The van der Waals surface area contributed by atoms with E-state index in [9.17, 15) is 4.79 Å². The van der Waals surface area contributed by atoms with Gasteiger partial charge in [0.25, 0.3) is 0 Å². The maximum Gasteiger partial charge on any atom is 0.235 e. The summed E-state index contributed by atoms with van der Waals surface area (Å²) in [5, 5.41) is -0.0157. The number of nitrogens with zero attached hydrogens (tertiary/aromatic N) is 1. The molecule has 0 spiro atoms. The molecule has 0 bridgehead atoms. The smallest absolute Gasteiger partial charge is 0.235 e. The van der Waals surface area contributed by atoms with Crippen LogP contribution in [0.2, 0.25) is 0 Å². The fourth-order valence-corrected chi connectivity index (χ4v) is 4.29. The quantitative estimate of drug-likeness (QED) is 0.739. The number of carbonyl (C=O) groups is 1. The molecule has 0 aromatic heterocycles. The Kier molecular flexibility index (Phi) is 5.97. The maximum absolute atomic E-state index is 12.7. The van der Waals surface area contributed by atoms with Crippen molar-refractivity contribution in [3.8, 4) is 0 Å². The number of benzene rings is 2. The van der Waals surface area contributed by atoms with Gasteiger partial charge in [-0.15, -0.1) is 11.8 Å². The van der Waals surface area contributed by atoms with Gasteiger partial charge in [-0.1, -0.05) is 48.5 Å². The van der Waals surface area contributed by atoms with Crippen LogP contribution in [0.5, 0.6) is 0 Å². The summed E-state index contributed by atoms with van der Waals surface area (Å²) in [5.74, 6) is 0.982. The Bertz CT molecular complexity index is 635. The number of amides is 1. The van der Waals surface area contributed by atoms with E-state index in [2.05, 4.69) is 47.4 Å². The molecule has 0 radical (unpaired) electrons. The first kappa shape index (κ1) is 17.1. The van der Waals surface area contributed by atoms with Crippen LogP contribution in [0, 0.1) is 5.92 Å². The van der Waals surface area contributed by atoms with Gasteiger partial charge in [-0.05, 0) is 49.8 Å². The van der Waals surface area contributed by atoms with Gasteiger partial charge in [0, 0.05) is 18.0 Å². The monoisotopic (exact) mass is 339 g/mol. The largest absolute Gasteiger partial charge is 0.342 e. The van der Waals surface area contributed by atoms with Crippen molar-refractivity contribution in [1.82, 2.24) is 4.90 Å². The highest BCUT2D eigenvalue weighted by Crippen LogP contribution is 2.27. The second-order valence-electron chi connectivity index (χ2n) is 6.53. The van der Waals surface area contributed by atoms with Crippen molar-refractivity contribution in [3.05, 3.63) is 66.2 Å². The van der Waals surface area contributed by atoms with Crippen LogP contribution in [0.25, 0.3) is 0 Å². The second-order valence-corrected chi connectivity index (χ2v) is 7.95. The first-order valence-corrected chi connectivity index (χ1v) is 9.65. The number of likely N-dealkylation sites (tertiary alicyclic amines) is 1. The molecule has 2 aromatic rings. The molecule has 1 aliphatic heterocycles. The Balaban J connectivity index is 1.48. The lowest BCUT2D eigenvalue weighted by molar-refractivity contribution is -0.131. The number of hydrogen-bond donors (Lipinski definition) is 0. The van der Waals surface area contributed by atoms with E-state index in [-0.39, 0.29) is 11.2 Å². The highest BCUT2D eigenvalue weighted by atomic mass is 32.2. The van der Waals surface area contributed by atoms with E-state index in [4.69, 9.17) is 0 Å². The highest BCUT2D eigenvalue weighted by molar-refractivity contribution is 8.00. The SMILES string of the molecule is C[C@@H](Sc1ccccc1)C(=O)N1CCC(Cc2ccccc2)CC1. The molecule has 1 saturated heterocycles. The lowest BCUT2D eigenvalue weighted by atomic mass is 9.90. The lowest BCUT2D eigenvalue weighted by Gasteiger charge is -2.33. The summed E-state index contributed by atoms with van der Waals surface area (Å²) in [6, 6.07) is 20.9. The molecule has 3 heteroatoms. The number of rotatable bonds is 5. The van der Waals surface area contributed by atoms with Gasteiger partial charge >= 0.3 is 0 Å². The Labute approximate surface area is 149 Å². The zero-order valence-electron chi connectivity index (χ0n) is 14.2. The number of thioether (sulfide) groups is 1. The highest BCUT2D eigenvalue weighted by Gasteiger charge is 2.26. The Morgan fingerprint density at radius 1 is 1.04 bits per heavy atom. The molecule has 0 N–H and O–H groups in total. The van der Waals surface area contributed by atoms with E-state index in [1.165, 1.54) is 5.56 Å². The van der Waals surface area contributed by atoms with Gasteiger partial charge in [0.1, 0.15) is 0 Å². The molecule has 3 rings (SSSR count). The molecule has 1 fully saturated rings. The van der Waals surface area contributed by atoms with Gasteiger partial charge in [0.2, 0.25) is 5.91 Å². The number of carbonyl (C=O) groups excluding carboxylic acids is 1. The van der Waals surface area contributed by atoms with E-state index >= 15 is 0 Å². The van der Waals surface area contributed by atoms with Crippen molar-refractivity contribution in [3.63, 3.8) is 0 Å². The lowest BCUT2D eigenvalue weighted by Crippen LogP contribution is -2.42. The van der Waals surface area contributed by atoms with Gasteiger partial charge in [-0.3, -0.25) is 4.79 Å². The summed E-state index contributed by atoms with van der Waals surface area (Å²) < 4.78 is 0. The fraction of sp³-hybridized carbons (Fsp3) is 0.381. The van der Waals surface area contributed by atoms with Crippen LogP contribution in [-0.2, 0) is 11.2 Å². The van der Waals surface area contributed by atoms with Gasteiger partial charge in [0.05, 0.1) is 5.25 Å². The molecule has 0 unspecified atom stereocenters. The van der Waals surface area contributed by atoms with Crippen molar-refractivity contribution in [2.24, 2.45) is 5.92 Å². The minimum absolute atomic E-state index is 0.0157. The second kappa shape index (κ2) is 8.39. The molecule has 1 amide bonds. The van der Waals surface area contributed by atoms with Crippen LogP contribution in [-0.4, -0.2) is 29.1 Å². The third-order valence-electron chi connectivity index (χ3n) is 4.70. The maximum atomic E-state index is 12.7. The Morgan fingerprint density at radius 3 is 2.25 bits per heavy atom. The Hall–Kier alpha value is -1.74. The van der Waals surface area contributed by atoms with Crippen LogP contribution in [0.3, 0.4) is 0 Å². The molecule has 24 heavy (non-hydrogen) atoms. The van der Waals surface area contributed by atoms with Crippen molar-refractivity contribution in [2.75, 3.05) is 13.1 Å². The summed E-state index contributed by atoms with van der Waals surface area (Å²) >= 11 is 1.66. The van der Waals surface area contributed by atoms with E-state index in [0.717, 1.165) is 37.2 Å². The van der Waals surface area contributed by atoms with Gasteiger partial charge < -0.3 is 4.90 Å². The van der Waals surface area contributed by atoms with Crippen molar-refractivity contribution in [2.45, 2.75) is 36.3 Å². The molecule has 126 valence electrons. The van der Waals surface area contributed by atoms with E-state index in [1.54, 1.807) is 11.8 Å². The molecular weight excluding hydrogens is 314 g/mol. The predicted octanol–water partition coefficient (Wildman–Crippen LogP) is 4.65. The zero-order chi connectivity index (χ0) is 16.8. The van der Waals surface area contributed by atoms with E-state index < -0.39 is 0 Å². The van der Waals surface area contributed by atoms with E-state index in [1.807, 2.05) is 25.1 Å². The summed E-state index contributed by atoms with van der Waals surface area (Å²) in [6.07, 6.45) is 3.36. The summed E-state index contributed by atoms with van der Waals surface area (Å²) in [5.41, 5.74) is 1.41. The molecule has 2 aromatic carbocycles. The van der Waals surface area contributed by atoms with Crippen LogP contribution >= 0.6 is 11.8 Å². The molecule has 1 heterocycles. The van der Waals surface area contributed by atoms with E-state index in [0.29, 0.717) is 5.92 Å². The van der Waals surface area contributed by atoms with Gasteiger partial charge in [-0.25, -0.2) is 0 Å². The minimum atomic E-state index is -0.0157. The third-order valence-corrected chi connectivity index (χ3v) is 5.80. The van der Waals surface area contributed by atoms with Crippen molar-refractivity contribution < 1.29 is 4.79 Å². The first-order valence-electron chi connectivity index (χ1n) is 8.77. The van der Waals surface area contributed by atoms with Crippen LogP contribution in [0.15, 0.2) is 65.6 Å². The zero-order valence-corrected chi connectivity index (χ0v) is 15.0. The van der Waals surface area contributed by atoms with Crippen molar-refractivity contribution in [1.29, 1.82) is 0 Å². The van der Waals surface area contributed by atoms with Gasteiger partial charge in [-0.2, -0.15) is 0 Å². The predicted molar refractivity (Wildman–Crippen MR) is 101 cm³/mol. The Morgan fingerprint density at radius 2 is 1.62 bits per heavy atom. The van der Waals surface area contributed by atoms with Crippen molar-refractivity contribution >= 4 is 17.7 Å². The third kappa shape index (κ3) is 4.64. The average Bonchev–Trinajstić information content (AvgIpc) is 2.63. The number of hydrogen-bond acceptors (Lipinski definition) is 2. The molecule has 1 atom stereocenters. The normalized spacial score (nSPS) is 16.8. The summed E-state index contributed by atoms with van der Waals surface area (Å²) in [7, 11) is 0. The van der Waals surface area contributed by atoms with Crippen LogP contribution in [0.4, 0.5) is 0 Å². The fourth-order valence-electron chi connectivity index (χ4n) is 3.32. The average molecular weight is 340 g/mol. The molecule has 1 aliphatic rings. The standard InChI is InChI=1S/C21H25NOS/c1-17(24-20-10-6-3-7-11-20)21(23)22-14-12-19(13-15-22)16-18-8-4-2-5-9-18/h2-11,17,19H,12-16H2,1H3/t17-/m1/s1. The molecule has 0 aliphatic carbocycles. The molecular formula is C21H25NOS. The van der Waals surface area contributed by atoms with Gasteiger partial charge in [0.15, 0.2) is 0 Å². The molecule has 0 saturated carbocycles. The summed E-state index contributed by atoms with van der Waals surface area (Å²) in [6.45, 7) is 3.82. The molecule has 2 nitrogen and oxygen atoms in total. The first-order chi connectivity index (χ1) is 11.7. The topological polar surface area (TPSA) is 20.3 Å².